The molecule has 0 aliphatic heterocycles. The van der Waals surface area contributed by atoms with Gasteiger partial charge in [-0.25, -0.2) is 9.67 Å². The Morgan fingerprint density at radius 1 is 1.19 bits per heavy atom. The summed E-state index contributed by atoms with van der Waals surface area (Å²) in [5.41, 5.74) is 7.22. The zero-order valence-electron chi connectivity index (χ0n) is 18.5. The molecule has 3 heterocycles. The number of aryl methyl sites for hydroxylation is 2. The highest BCUT2D eigenvalue weighted by Gasteiger charge is 2.39. The molecule has 0 aromatic carbocycles. The number of furan rings is 1. The first-order chi connectivity index (χ1) is 14.7. The average molecular weight is 424 g/mol. The molecule has 8 nitrogen and oxygen atoms in total. The number of aromatic nitrogens is 3. The Kier molecular flexibility index (Phi) is 5.33. The van der Waals surface area contributed by atoms with E-state index in [9.17, 15) is 9.59 Å². The summed E-state index contributed by atoms with van der Waals surface area (Å²) in [6, 6.07) is 3.73. The van der Waals surface area contributed by atoms with Crippen LogP contribution in [0.25, 0.3) is 22.3 Å². The van der Waals surface area contributed by atoms with Crippen LogP contribution in [0.5, 0.6) is 0 Å². The molecule has 0 saturated heterocycles. The molecular weight excluding hydrogens is 394 g/mol. The maximum absolute atomic E-state index is 13.5. The van der Waals surface area contributed by atoms with Gasteiger partial charge in [0.1, 0.15) is 17.1 Å². The summed E-state index contributed by atoms with van der Waals surface area (Å²) in [6.45, 7) is 7.77. The zero-order chi connectivity index (χ0) is 22.3. The second-order valence-corrected chi connectivity index (χ2v) is 8.76. The molecule has 8 heteroatoms. The van der Waals surface area contributed by atoms with Crippen molar-refractivity contribution in [2.24, 2.45) is 5.73 Å². The number of carbonyl (C=O) groups is 2. The molecule has 4 rings (SSSR count). The maximum atomic E-state index is 13.5. The summed E-state index contributed by atoms with van der Waals surface area (Å²) in [5.74, 6) is 0.681. The first-order valence-corrected chi connectivity index (χ1v) is 10.8. The molecule has 3 N–H and O–H groups in total. The summed E-state index contributed by atoms with van der Waals surface area (Å²) in [6.07, 6.45) is 5.53. The number of hydrogen-bond acceptors (Lipinski definition) is 5. The number of nitrogens with zero attached hydrogens (tertiary/aromatic N) is 3. The van der Waals surface area contributed by atoms with Crippen molar-refractivity contribution >= 4 is 22.8 Å². The van der Waals surface area contributed by atoms with Gasteiger partial charge in [0.2, 0.25) is 5.91 Å². The third-order valence-electron chi connectivity index (χ3n) is 6.15. The normalized spacial score (nSPS) is 16.0. The van der Waals surface area contributed by atoms with Crippen LogP contribution in [0.2, 0.25) is 0 Å². The van der Waals surface area contributed by atoms with Gasteiger partial charge in [0, 0.05) is 11.6 Å². The minimum Gasteiger partial charge on any atom is -0.466 e. The van der Waals surface area contributed by atoms with E-state index in [2.05, 4.69) is 10.4 Å². The van der Waals surface area contributed by atoms with Gasteiger partial charge >= 0.3 is 0 Å². The van der Waals surface area contributed by atoms with Crippen LogP contribution in [0.1, 0.15) is 73.9 Å². The van der Waals surface area contributed by atoms with E-state index in [1.807, 2.05) is 33.8 Å². The van der Waals surface area contributed by atoms with E-state index in [1.165, 1.54) is 0 Å². The van der Waals surface area contributed by atoms with Crippen LogP contribution in [-0.4, -0.2) is 32.1 Å². The van der Waals surface area contributed by atoms with Crippen LogP contribution < -0.4 is 11.1 Å². The van der Waals surface area contributed by atoms with Gasteiger partial charge in [0.05, 0.1) is 22.8 Å². The Labute approximate surface area is 181 Å². The van der Waals surface area contributed by atoms with Crippen LogP contribution in [0, 0.1) is 13.8 Å². The van der Waals surface area contributed by atoms with E-state index in [0.29, 0.717) is 35.1 Å². The minimum atomic E-state index is -1.01. The van der Waals surface area contributed by atoms with Gasteiger partial charge in [-0.05, 0) is 52.7 Å². The number of nitrogens with two attached hydrogens (primary N) is 1. The number of nitrogens with one attached hydrogen (secondary N) is 1. The summed E-state index contributed by atoms with van der Waals surface area (Å²) in [4.78, 5) is 30.6. The zero-order valence-corrected chi connectivity index (χ0v) is 18.5. The minimum absolute atomic E-state index is 0.0682. The fourth-order valence-corrected chi connectivity index (χ4v) is 4.48. The molecule has 1 aliphatic rings. The van der Waals surface area contributed by atoms with Crippen molar-refractivity contribution < 1.29 is 14.0 Å². The van der Waals surface area contributed by atoms with E-state index in [-0.39, 0.29) is 11.9 Å². The fourth-order valence-electron chi connectivity index (χ4n) is 4.48. The molecule has 0 spiro atoms. The van der Waals surface area contributed by atoms with Crippen molar-refractivity contribution in [1.82, 2.24) is 20.1 Å². The van der Waals surface area contributed by atoms with Gasteiger partial charge in [0.25, 0.3) is 5.91 Å². The quantitative estimate of drug-likeness (QED) is 0.647. The topological polar surface area (TPSA) is 116 Å². The van der Waals surface area contributed by atoms with Crippen molar-refractivity contribution in [1.29, 1.82) is 0 Å². The number of fused-ring (bicyclic) bond motifs is 1. The summed E-state index contributed by atoms with van der Waals surface area (Å²) >= 11 is 0. The lowest BCUT2D eigenvalue weighted by molar-refractivity contribution is -0.125. The first-order valence-electron chi connectivity index (χ1n) is 10.8. The second kappa shape index (κ2) is 7.83. The fraction of sp³-hybridized carbons (Fsp3) is 0.478. The third kappa shape index (κ3) is 3.71. The molecule has 2 amide bonds. The van der Waals surface area contributed by atoms with Crippen LogP contribution in [0.4, 0.5) is 0 Å². The Balaban J connectivity index is 1.85. The number of amides is 2. The average Bonchev–Trinajstić information content (AvgIpc) is 3.30. The molecule has 0 radical (unpaired) electrons. The van der Waals surface area contributed by atoms with E-state index < -0.39 is 11.4 Å². The highest BCUT2D eigenvalue weighted by Crippen LogP contribution is 2.32. The van der Waals surface area contributed by atoms with E-state index in [0.717, 1.165) is 36.3 Å². The van der Waals surface area contributed by atoms with E-state index >= 15 is 0 Å². The van der Waals surface area contributed by atoms with Crippen molar-refractivity contribution in [2.45, 2.75) is 71.4 Å². The van der Waals surface area contributed by atoms with Gasteiger partial charge < -0.3 is 15.5 Å². The monoisotopic (exact) mass is 423 g/mol. The van der Waals surface area contributed by atoms with E-state index in [1.54, 1.807) is 16.9 Å². The van der Waals surface area contributed by atoms with Crippen LogP contribution in [0.3, 0.4) is 0 Å². The lowest BCUT2D eigenvalue weighted by Crippen LogP contribution is -2.58. The predicted molar refractivity (Wildman–Crippen MR) is 118 cm³/mol. The summed E-state index contributed by atoms with van der Waals surface area (Å²) < 4.78 is 7.48. The number of primary amides is 1. The molecule has 0 bridgehead atoms. The summed E-state index contributed by atoms with van der Waals surface area (Å²) in [5, 5.41) is 8.08. The lowest BCUT2D eigenvalue weighted by atomic mass is 9.81. The SMILES string of the molecule is Cc1cc(-c2cc(C(=O)NC3(C(N)=O)CCCCC3)c3cnn(C(C)C)c3n2)c(C)o1. The van der Waals surface area contributed by atoms with Gasteiger partial charge in [-0.1, -0.05) is 19.3 Å². The smallest absolute Gasteiger partial charge is 0.253 e. The number of hydrogen-bond donors (Lipinski definition) is 2. The standard InChI is InChI=1S/C23H29N5O3/c1-13(2)28-20-18(12-25-28)17(11-19(26-20)16-10-14(3)31-15(16)4)21(29)27-23(22(24)30)8-6-5-7-9-23/h10-13H,5-9H2,1-4H3,(H2,24,30)(H,27,29). The molecule has 0 unspecified atom stereocenters. The highest BCUT2D eigenvalue weighted by molar-refractivity contribution is 6.08. The Hall–Kier alpha value is -3.16. The first kappa shape index (κ1) is 21.1. The van der Waals surface area contributed by atoms with Crippen molar-refractivity contribution in [3.05, 3.63) is 35.4 Å². The lowest BCUT2D eigenvalue weighted by Gasteiger charge is -2.35. The van der Waals surface area contributed by atoms with Crippen LogP contribution in [-0.2, 0) is 4.79 Å². The number of carbonyl (C=O) groups excluding carboxylic acids is 2. The predicted octanol–water partition coefficient (Wildman–Crippen LogP) is 3.81. The van der Waals surface area contributed by atoms with Crippen LogP contribution in [0.15, 0.2) is 22.7 Å². The highest BCUT2D eigenvalue weighted by atomic mass is 16.3. The number of pyridine rings is 1. The second-order valence-electron chi connectivity index (χ2n) is 8.76. The molecule has 3 aromatic heterocycles. The Bertz CT molecular complexity index is 1150. The largest absolute Gasteiger partial charge is 0.466 e. The van der Waals surface area contributed by atoms with Gasteiger partial charge in [-0.15, -0.1) is 0 Å². The molecule has 0 atom stereocenters. The molecule has 1 aliphatic carbocycles. The molecule has 3 aromatic rings. The Morgan fingerprint density at radius 2 is 1.90 bits per heavy atom. The third-order valence-corrected chi connectivity index (χ3v) is 6.15. The molecule has 1 fully saturated rings. The van der Waals surface area contributed by atoms with Gasteiger partial charge in [0.15, 0.2) is 5.65 Å². The molecule has 1 saturated carbocycles. The Morgan fingerprint density at radius 3 is 2.48 bits per heavy atom. The van der Waals surface area contributed by atoms with E-state index in [4.69, 9.17) is 15.1 Å². The molecular formula is C23H29N5O3. The molecule has 31 heavy (non-hydrogen) atoms. The maximum Gasteiger partial charge on any atom is 0.253 e. The summed E-state index contributed by atoms with van der Waals surface area (Å²) in [7, 11) is 0. The van der Waals surface area contributed by atoms with Gasteiger partial charge in [-0.2, -0.15) is 5.10 Å². The molecule has 164 valence electrons. The number of rotatable bonds is 5. The van der Waals surface area contributed by atoms with Crippen LogP contribution >= 0.6 is 0 Å². The van der Waals surface area contributed by atoms with Gasteiger partial charge in [-0.3, -0.25) is 9.59 Å². The van der Waals surface area contributed by atoms with Crippen molar-refractivity contribution in [3.8, 4) is 11.3 Å². The van der Waals surface area contributed by atoms with Crippen molar-refractivity contribution in [2.75, 3.05) is 0 Å². The van der Waals surface area contributed by atoms with Crippen molar-refractivity contribution in [3.63, 3.8) is 0 Å².